The quantitative estimate of drug-likeness (QED) is 0.174. The fraction of sp³-hybridized carbons (Fsp3) is 0.152. The minimum absolute atomic E-state index is 0.0105. The van der Waals surface area contributed by atoms with E-state index < -0.39 is 0 Å². The average molecular weight is 551 g/mol. The number of halogens is 1. The molecule has 0 radical (unpaired) electrons. The van der Waals surface area contributed by atoms with Crippen LogP contribution in [0.15, 0.2) is 109 Å². The lowest BCUT2D eigenvalue weighted by Gasteiger charge is -2.19. The summed E-state index contributed by atoms with van der Waals surface area (Å²) >= 11 is 6.02. The molecule has 0 bridgehead atoms. The standard InChI is InChI=1S/C33H31ClN4O2/c34-26-15-17-27(18-16-26)36-33(40)29-22-38(20-24-6-2-1-3-7-24)21-28(29)25-13-10-23(11-14-25)12-19-32(39)37-31-9-5-4-8-30(31)35/h1-19,28-29H,20-22,35H2,(H,36,40)(H,37,39)/b19-12+/t28-,29+/m1/s1. The highest BCUT2D eigenvalue weighted by atomic mass is 35.5. The topological polar surface area (TPSA) is 87.5 Å². The zero-order valence-corrected chi connectivity index (χ0v) is 22.7. The summed E-state index contributed by atoms with van der Waals surface area (Å²) in [5, 5.41) is 6.50. The molecule has 0 saturated carbocycles. The monoisotopic (exact) mass is 550 g/mol. The van der Waals surface area contributed by atoms with E-state index in [1.807, 2.05) is 66.7 Å². The summed E-state index contributed by atoms with van der Waals surface area (Å²) in [6, 6.07) is 32.7. The number of hydrogen-bond donors (Lipinski definition) is 3. The maximum absolute atomic E-state index is 13.5. The lowest BCUT2D eigenvalue weighted by molar-refractivity contribution is -0.120. The van der Waals surface area contributed by atoms with Gasteiger partial charge in [0.1, 0.15) is 0 Å². The van der Waals surface area contributed by atoms with Gasteiger partial charge >= 0.3 is 0 Å². The molecule has 7 heteroatoms. The molecule has 1 heterocycles. The largest absolute Gasteiger partial charge is 0.397 e. The predicted octanol–water partition coefficient (Wildman–Crippen LogP) is 6.43. The summed E-state index contributed by atoms with van der Waals surface area (Å²) in [5.74, 6) is -0.460. The van der Waals surface area contributed by atoms with Gasteiger partial charge < -0.3 is 16.4 Å². The van der Waals surface area contributed by atoms with Crippen molar-refractivity contribution in [3.05, 3.63) is 131 Å². The summed E-state index contributed by atoms with van der Waals surface area (Å²) in [6.07, 6.45) is 3.25. The number of hydrogen-bond acceptors (Lipinski definition) is 4. The van der Waals surface area contributed by atoms with Gasteiger partial charge in [-0.1, -0.05) is 78.3 Å². The highest BCUT2D eigenvalue weighted by molar-refractivity contribution is 6.30. The van der Waals surface area contributed by atoms with Crippen molar-refractivity contribution in [1.82, 2.24) is 4.90 Å². The zero-order chi connectivity index (χ0) is 27.9. The number of para-hydroxylation sites is 2. The summed E-state index contributed by atoms with van der Waals surface area (Å²) in [5.41, 5.74) is 10.9. The van der Waals surface area contributed by atoms with Crippen LogP contribution in [0, 0.1) is 5.92 Å². The molecule has 6 nitrogen and oxygen atoms in total. The number of likely N-dealkylation sites (tertiary alicyclic amines) is 1. The van der Waals surface area contributed by atoms with Gasteiger partial charge in [0.05, 0.1) is 17.3 Å². The molecule has 4 N–H and O–H groups in total. The van der Waals surface area contributed by atoms with Gasteiger partial charge in [-0.25, -0.2) is 0 Å². The number of carbonyl (C=O) groups is 2. The highest BCUT2D eigenvalue weighted by Gasteiger charge is 2.38. The Balaban J connectivity index is 1.29. The van der Waals surface area contributed by atoms with Crippen molar-refractivity contribution in [2.24, 2.45) is 5.92 Å². The number of carbonyl (C=O) groups excluding carboxylic acids is 2. The third-order valence-corrected chi connectivity index (χ3v) is 7.36. The van der Waals surface area contributed by atoms with E-state index in [1.165, 1.54) is 11.6 Å². The fourth-order valence-electron chi connectivity index (χ4n) is 5.04. The molecule has 40 heavy (non-hydrogen) atoms. The van der Waals surface area contributed by atoms with Crippen LogP contribution in [0.3, 0.4) is 0 Å². The second-order valence-electron chi connectivity index (χ2n) is 9.97. The number of nitrogens with zero attached hydrogens (tertiary/aromatic N) is 1. The molecule has 1 aliphatic heterocycles. The van der Waals surface area contributed by atoms with Crippen molar-refractivity contribution < 1.29 is 9.59 Å². The average Bonchev–Trinajstić information content (AvgIpc) is 3.39. The van der Waals surface area contributed by atoms with E-state index in [1.54, 1.807) is 30.3 Å². The summed E-state index contributed by atoms with van der Waals surface area (Å²) in [6.45, 7) is 2.21. The van der Waals surface area contributed by atoms with Gasteiger partial charge in [-0.2, -0.15) is 0 Å². The molecule has 1 saturated heterocycles. The molecular weight excluding hydrogens is 520 g/mol. The molecular formula is C33H31ClN4O2. The molecule has 0 unspecified atom stereocenters. The van der Waals surface area contributed by atoms with Crippen LogP contribution in [-0.4, -0.2) is 29.8 Å². The minimum atomic E-state index is -0.256. The molecule has 202 valence electrons. The van der Waals surface area contributed by atoms with Crippen LogP contribution in [-0.2, 0) is 16.1 Å². The highest BCUT2D eigenvalue weighted by Crippen LogP contribution is 2.35. The van der Waals surface area contributed by atoms with Crippen LogP contribution in [0.1, 0.15) is 22.6 Å². The first-order valence-electron chi connectivity index (χ1n) is 13.2. The molecule has 1 aliphatic rings. The molecule has 4 aromatic rings. The Morgan fingerprint density at radius 1 is 0.850 bits per heavy atom. The first-order valence-corrected chi connectivity index (χ1v) is 13.6. The minimum Gasteiger partial charge on any atom is -0.397 e. The van der Waals surface area contributed by atoms with Crippen LogP contribution in [0.4, 0.5) is 17.1 Å². The molecule has 1 fully saturated rings. The first kappa shape index (κ1) is 27.2. The molecule has 0 spiro atoms. The van der Waals surface area contributed by atoms with E-state index in [0.717, 1.165) is 29.9 Å². The lowest BCUT2D eigenvalue weighted by Crippen LogP contribution is -2.28. The van der Waals surface area contributed by atoms with E-state index in [2.05, 4.69) is 27.7 Å². The Morgan fingerprint density at radius 3 is 2.27 bits per heavy atom. The number of nitrogen functional groups attached to an aromatic ring is 1. The third kappa shape index (κ3) is 6.97. The van der Waals surface area contributed by atoms with Crippen LogP contribution < -0.4 is 16.4 Å². The molecule has 0 aromatic heterocycles. The van der Waals surface area contributed by atoms with Crippen LogP contribution in [0.2, 0.25) is 5.02 Å². The lowest BCUT2D eigenvalue weighted by atomic mass is 9.88. The van der Waals surface area contributed by atoms with Gasteiger partial charge in [0.2, 0.25) is 11.8 Å². The van der Waals surface area contributed by atoms with Crippen molar-refractivity contribution in [2.45, 2.75) is 12.5 Å². The second kappa shape index (κ2) is 12.6. The third-order valence-electron chi connectivity index (χ3n) is 7.10. The number of anilines is 3. The van der Waals surface area contributed by atoms with Crippen LogP contribution in [0.25, 0.3) is 6.08 Å². The van der Waals surface area contributed by atoms with E-state index in [-0.39, 0.29) is 23.7 Å². The van der Waals surface area contributed by atoms with Gasteiger partial charge in [-0.3, -0.25) is 14.5 Å². The molecule has 2 amide bonds. The molecule has 2 atom stereocenters. The maximum atomic E-state index is 13.5. The van der Waals surface area contributed by atoms with Gasteiger partial charge in [-0.15, -0.1) is 0 Å². The van der Waals surface area contributed by atoms with Gasteiger partial charge in [0.25, 0.3) is 0 Å². The van der Waals surface area contributed by atoms with E-state index in [9.17, 15) is 9.59 Å². The Kier molecular flexibility index (Phi) is 8.59. The van der Waals surface area contributed by atoms with Gasteiger partial charge in [-0.05, 0) is 59.2 Å². The van der Waals surface area contributed by atoms with Gasteiger partial charge in [0.15, 0.2) is 0 Å². The molecule has 5 rings (SSSR count). The first-order chi connectivity index (χ1) is 19.4. The van der Waals surface area contributed by atoms with Crippen molar-refractivity contribution in [3.8, 4) is 0 Å². The number of nitrogens with one attached hydrogen (secondary N) is 2. The maximum Gasteiger partial charge on any atom is 0.248 e. The summed E-state index contributed by atoms with van der Waals surface area (Å²) in [7, 11) is 0. The number of benzene rings is 4. The second-order valence-corrected chi connectivity index (χ2v) is 10.4. The SMILES string of the molecule is Nc1ccccc1NC(=O)/C=C/c1ccc([C@H]2CN(Cc3ccccc3)C[C@@H]2C(=O)Nc2ccc(Cl)cc2)cc1. The summed E-state index contributed by atoms with van der Waals surface area (Å²) < 4.78 is 0. The van der Waals surface area contributed by atoms with Crippen LogP contribution >= 0.6 is 11.6 Å². The van der Waals surface area contributed by atoms with Gasteiger partial charge in [0, 0.05) is 42.3 Å². The van der Waals surface area contributed by atoms with Crippen molar-refractivity contribution in [1.29, 1.82) is 0 Å². The normalized spacial score (nSPS) is 17.1. The molecule has 0 aliphatic carbocycles. The predicted molar refractivity (Wildman–Crippen MR) is 163 cm³/mol. The van der Waals surface area contributed by atoms with E-state index in [0.29, 0.717) is 22.9 Å². The Labute approximate surface area is 239 Å². The smallest absolute Gasteiger partial charge is 0.248 e. The molecule has 4 aromatic carbocycles. The fourth-order valence-corrected chi connectivity index (χ4v) is 5.17. The van der Waals surface area contributed by atoms with E-state index >= 15 is 0 Å². The van der Waals surface area contributed by atoms with E-state index in [4.69, 9.17) is 17.3 Å². The number of nitrogens with two attached hydrogens (primary N) is 1. The Hall–Kier alpha value is -4.39. The van der Waals surface area contributed by atoms with Crippen molar-refractivity contribution in [2.75, 3.05) is 29.5 Å². The Morgan fingerprint density at radius 2 is 1.55 bits per heavy atom. The zero-order valence-electron chi connectivity index (χ0n) is 22.0. The van der Waals surface area contributed by atoms with Crippen molar-refractivity contribution >= 4 is 46.6 Å². The number of rotatable bonds is 8. The summed E-state index contributed by atoms with van der Waals surface area (Å²) in [4.78, 5) is 28.2. The van der Waals surface area contributed by atoms with Crippen molar-refractivity contribution in [3.63, 3.8) is 0 Å². The van der Waals surface area contributed by atoms with Crippen LogP contribution in [0.5, 0.6) is 0 Å². The number of amides is 2. The Bertz CT molecular complexity index is 1490.